The lowest BCUT2D eigenvalue weighted by Crippen LogP contribution is -2.40. The van der Waals surface area contributed by atoms with E-state index in [2.05, 4.69) is 10.3 Å². The third kappa shape index (κ3) is 9.96. The first-order chi connectivity index (χ1) is 21.5. The van der Waals surface area contributed by atoms with Crippen molar-refractivity contribution in [2.24, 2.45) is 4.99 Å². The van der Waals surface area contributed by atoms with Crippen molar-refractivity contribution in [3.05, 3.63) is 59.7 Å². The van der Waals surface area contributed by atoms with E-state index in [1.165, 1.54) is 35.6 Å². The van der Waals surface area contributed by atoms with Gasteiger partial charge in [0, 0.05) is 58.8 Å². The van der Waals surface area contributed by atoms with Crippen LogP contribution >= 0.6 is 0 Å². The summed E-state index contributed by atoms with van der Waals surface area (Å²) in [5, 5.41) is 10.4. The number of aliphatic carboxylic acids is 1. The zero-order valence-electron chi connectivity index (χ0n) is 25.2. The quantitative estimate of drug-likeness (QED) is 0.354. The van der Waals surface area contributed by atoms with E-state index in [1.807, 2.05) is 24.3 Å². The zero-order chi connectivity index (χ0) is 34.1. The van der Waals surface area contributed by atoms with Gasteiger partial charge in [-0.1, -0.05) is 24.3 Å². The number of ether oxygens (including phenoxy) is 1. The third-order valence-electron chi connectivity index (χ3n) is 7.09. The van der Waals surface area contributed by atoms with Crippen LogP contribution in [0.2, 0.25) is 0 Å². The van der Waals surface area contributed by atoms with Gasteiger partial charge in [-0.05, 0) is 36.2 Å². The molecule has 2 N–H and O–H groups in total. The molecule has 2 aromatic rings. The Balaban J connectivity index is 0.000000738. The minimum atomic E-state index is -5.08. The topological polar surface area (TPSA) is 166 Å². The maximum Gasteiger partial charge on any atom is 0.490 e. The molecular formula is C28H36F3N5O8S2. The molecule has 1 amide bonds. The summed E-state index contributed by atoms with van der Waals surface area (Å²) in [7, 11) is -4.50. The second-order valence-electron chi connectivity index (χ2n) is 10.3. The largest absolute Gasteiger partial charge is 0.490 e. The van der Waals surface area contributed by atoms with Gasteiger partial charge in [0.15, 0.2) is 0 Å². The maximum absolute atomic E-state index is 13.0. The second-order valence-corrected chi connectivity index (χ2v) is 14.3. The number of sulfonamides is 2. The highest BCUT2D eigenvalue weighted by Crippen LogP contribution is 2.21. The molecule has 0 unspecified atom stereocenters. The molecule has 0 atom stereocenters. The van der Waals surface area contributed by atoms with Crippen LogP contribution < -0.4 is 5.32 Å². The average Bonchev–Trinajstić information content (AvgIpc) is 3.58. The molecule has 1 fully saturated rings. The van der Waals surface area contributed by atoms with Crippen molar-refractivity contribution < 1.29 is 49.4 Å². The highest BCUT2D eigenvalue weighted by molar-refractivity contribution is 7.89. The summed E-state index contributed by atoms with van der Waals surface area (Å²) in [6, 6.07) is 13.2. The number of likely N-dealkylation sites (N-methyl/N-ethyl adjacent to an activating group) is 1. The lowest BCUT2D eigenvalue weighted by molar-refractivity contribution is -0.192. The van der Waals surface area contributed by atoms with Gasteiger partial charge in [-0.3, -0.25) is 9.79 Å². The number of halogens is 3. The number of carbonyl (C=O) groups excluding carboxylic acids is 1. The Bertz CT molecular complexity index is 1590. The summed E-state index contributed by atoms with van der Waals surface area (Å²) in [4.78, 5) is 27.6. The van der Waals surface area contributed by atoms with Gasteiger partial charge in [-0.2, -0.15) is 17.5 Å². The smallest absolute Gasteiger partial charge is 0.475 e. The molecule has 46 heavy (non-hydrogen) atoms. The molecule has 0 saturated carbocycles. The highest BCUT2D eigenvalue weighted by Gasteiger charge is 2.38. The average molecular weight is 692 g/mol. The van der Waals surface area contributed by atoms with E-state index in [1.54, 1.807) is 11.9 Å². The number of rotatable bonds is 11. The maximum atomic E-state index is 13.0. The molecule has 4 rings (SSSR count). The van der Waals surface area contributed by atoms with Gasteiger partial charge < -0.3 is 20.1 Å². The van der Waals surface area contributed by atoms with E-state index in [4.69, 9.17) is 14.6 Å². The molecule has 0 radical (unpaired) electrons. The number of benzene rings is 2. The Hall–Kier alpha value is -3.58. The number of morpholine rings is 1. The predicted octanol–water partition coefficient (Wildman–Crippen LogP) is 1.40. The summed E-state index contributed by atoms with van der Waals surface area (Å²) >= 11 is 0. The lowest BCUT2D eigenvalue weighted by atomic mass is 10.1. The van der Waals surface area contributed by atoms with E-state index in [0.29, 0.717) is 26.2 Å². The van der Waals surface area contributed by atoms with Gasteiger partial charge in [0.2, 0.25) is 26.0 Å². The molecule has 2 aliphatic heterocycles. The fourth-order valence-corrected chi connectivity index (χ4v) is 6.89. The molecule has 1 saturated heterocycles. The number of amidine groups is 1. The Kier molecular flexibility index (Phi) is 12.7. The van der Waals surface area contributed by atoms with Crippen LogP contribution in [-0.2, 0) is 40.8 Å². The van der Waals surface area contributed by atoms with Gasteiger partial charge in [-0.25, -0.2) is 25.9 Å². The molecule has 18 heteroatoms. The minimum absolute atomic E-state index is 0.00312. The first kappa shape index (κ1) is 36.9. The van der Waals surface area contributed by atoms with Crippen molar-refractivity contribution >= 4 is 37.8 Å². The molecule has 0 aliphatic carbocycles. The fourth-order valence-electron chi connectivity index (χ4n) is 4.31. The highest BCUT2D eigenvalue weighted by atomic mass is 32.2. The molecule has 0 aromatic heterocycles. The molecule has 13 nitrogen and oxygen atoms in total. The minimum Gasteiger partial charge on any atom is -0.475 e. The van der Waals surface area contributed by atoms with E-state index in [-0.39, 0.29) is 41.8 Å². The Labute approximate surface area is 265 Å². The van der Waals surface area contributed by atoms with Crippen LogP contribution in [0.25, 0.3) is 0 Å². The zero-order valence-corrected chi connectivity index (χ0v) is 26.9. The predicted molar refractivity (Wildman–Crippen MR) is 161 cm³/mol. The van der Waals surface area contributed by atoms with Gasteiger partial charge in [0.25, 0.3) is 0 Å². The van der Waals surface area contributed by atoms with Crippen molar-refractivity contribution in [1.82, 2.24) is 18.8 Å². The van der Waals surface area contributed by atoms with Crippen LogP contribution in [0.4, 0.5) is 13.2 Å². The van der Waals surface area contributed by atoms with Gasteiger partial charge >= 0.3 is 12.1 Å². The van der Waals surface area contributed by atoms with E-state index in [9.17, 15) is 34.8 Å². The van der Waals surface area contributed by atoms with Gasteiger partial charge in [0.1, 0.15) is 5.84 Å². The molecule has 2 heterocycles. The van der Waals surface area contributed by atoms with Crippen LogP contribution in [0.1, 0.15) is 17.5 Å². The van der Waals surface area contributed by atoms with Crippen LogP contribution in [0, 0.1) is 0 Å². The molecular weight excluding hydrogens is 655 g/mol. The van der Waals surface area contributed by atoms with Gasteiger partial charge in [0.05, 0.1) is 29.5 Å². The van der Waals surface area contributed by atoms with Crippen LogP contribution in [-0.4, -0.2) is 126 Å². The standard InChI is InChI=1S/C26H35N5O6S2.C2HF3O2/c1-29(15-11-21-3-5-22(6-4-21)26-27-13-14-28-26)25(32)12-16-30(2)38(33,34)23-7-9-24(10-8-23)39(35,36)31-17-19-37-20-18-31;3-2(4,5)1(6)7/h3-10H,11-20H2,1-2H3,(H,27,28);(H,6,7). The summed E-state index contributed by atoms with van der Waals surface area (Å²) in [5.74, 6) is -2.01. The van der Waals surface area contributed by atoms with Crippen molar-refractivity contribution in [2.45, 2.75) is 28.8 Å². The third-order valence-corrected chi connectivity index (χ3v) is 10.9. The number of hydrogen-bond acceptors (Lipinski definition) is 9. The van der Waals surface area contributed by atoms with Crippen molar-refractivity contribution in [3.63, 3.8) is 0 Å². The first-order valence-corrected chi connectivity index (χ1v) is 17.0. The van der Waals surface area contributed by atoms with Gasteiger partial charge in [-0.15, -0.1) is 0 Å². The summed E-state index contributed by atoms with van der Waals surface area (Å²) < 4.78 is 91.0. The molecule has 0 spiro atoms. The SMILES string of the molecule is CN(CCc1ccc(C2=NCCN2)cc1)C(=O)CCN(C)S(=O)(=O)c1ccc(S(=O)(=O)N2CCOCC2)cc1.O=C(O)C(F)(F)F. The number of carboxylic acids is 1. The van der Waals surface area contributed by atoms with Crippen LogP contribution in [0.15, 0.2) is 63.3 Å². The van der Waals surface area contributed by atoms with Crippen molar-refractivity contribution in [2.75, 3.05) is 66.6 Å². The van der Waals surface area contributed by atoms with E-state index in [0.717, 1.165) is 34.4 Å². The number of nitrogens with one attached hydrogen (secondary N) is 1. The summed E-state index contributed by atoms with van der Waals surface area (Å²) in [6.07, 6.45) is -4.38. The second kappa shape index (κ2) is 15.8. The Morgan fingerprint density at radius 2 is 1.52 bits per heavy atom. The van der Waals surface area contributed by atoms with Crippen LogP contribution in [0.5, 0.6) is 0 Å². The summed E-state index contributed by atoms with van der Waals surface area (Å²) in [5.41, 5.74) is 2.13. The summed E-state index contributed by atoms with van der Waals surface area (Å²) in [6.45, 7) is 3.31. The number of nitrogens with zero attached hydrogens (tertiary/aromatic N) is 4. The number of amides is 1. The molecule has 254 valence electrons. The first-order valence-electron chi connectivity index (χ1n) is 14.1. The normalized spacial score (nSPS) is 15.8. The fraction of sp³-hybridized carbons (Fsp3) is 0.464. The Morgan fingerprint density at radius 1 is 0.957 bits per heavy atom. The monoisotopic (exact) mass is 691 g/mol. The molecule has 2 aromatic carbocycles. The van der Waals surface area contributed by atoms with Crippen molar-refractivity contribution in [3.8, 4) is 0 Å². The Morgan fingerprint density at radius 3 is 2.04 bits per heavy atom. The van der Waals surface area contributed by atoms with E-state index >= 15 is 0 Å². The number of carboxylic acid groups (broad SMARTS) is 1. The number of hydrogen-bond donors (Lipinski definition) is 2. The number of aliphatic imine (C=N–C) groups is 1. The van der Waals surface area contributed by atoms with E-state index < -0.39 is 32.2 Å². The molecule has 2 aliphatic rings. The molecule has 0 bridgehead atoms. The number of carbonyl (C=O) groups is 2. The van der Waals surface area contributed by atoms with Crippen LogP contribution in [0.3, 0.4) is 0 Å². The van der Waals surface area contributed by atoms with Crippen molar-refractivity contribution in [1.29, 1.82) is 0 Å². The number of alkyl halides is 3. The lowest BCUT2D eigenvalue weighted by Gasteiger charge is -2.26.